The average molecular weight is 1030 g/mol. The molecule has 2 aromatic carbocycles. The molecule has 0 bridgehead atoms. The van der Waals surface area contributed by atoms with E-state index >= 15 is 0 Å². The Bertz CT molecular complexity index is 2470. The number of imidazole rings is 1. The maximum absolute atomic E-state index is 14.7. The van der Waals surface area contributed by atoms with Gasteiger partial charge in [-0.1, -0.05) is 62.4 Å². The van der Waals surface area contributed by atoms with Crippen LogP contribution in [-0.2, 0) is 57.6 Å². The Morgan fingerprint density at radius 2 is 1.36 bits per heavy atom. The number of carbonyl (C=O) groups excluding carboxylic acids is 7. The van der Waals surface area contributed by atoms with Gasteiger partial charge in [-0.15, -0.1) is 0 Å². The van der Waals surface area contributed by atoms with Crippen LogP contribution in [0.15, 0.2) is 73.3 Å². The summed E-state index contributed by atoms with van der Waals surface area (Å²) in [6.45, 7) is 5.36. The Labute approximate surface area is 427 Å². The summed E-state index contributed by atoms with van der Waals surface area (Å²) in [6.07, 6.45) is 6.09. The number of aromatic amines is 2. The summed E-state index contributed by atoms with van der Waals surface area (Å²) in [7, 11) is 0. The number of thioether (sulfide) groups is 1. The van der Waals surface area contributed by atoms with Gasteiger partial charge >= 0.3 is 5.97 Å². The molecule has 0 unspecified atom stereocenters. The number of aliphatic hydroxyl groups excluding tert-OH is 1. The third-order valence-corrected chi connectivity index (χ3v) is 13.3. The van der Waals surface area contributed by atoms with E-state index in [-0.39, 0.29) is 50.3 Å². The number of H-pyrrole nitrogens is 2. The monoisotopic (exact) mass is 1030 g/mol. The Hall–Kier alpha value is -6.43. The van der Waals surface area contributed by atoms with Crippen LogP contribution in [-0.4, -0.2) is 156 Å². The molecular formula is C49H67N11O10S2. The topological polar surface area (TPSA) is 323 Å². The number of benzene rings is 2. The van der Waals surface area contributed by atoms with Crippen LogP contribution in [0.25, 0.3) is 10.9 Å². The van der Waals surface area contributed by atoms with Crippen molar-refractivity contribution in [1.82, 2.24) is 51.8 Å². The van der Waals surface area contributed by atoms with E-state index in [1.54, 1.807) is 36.5 Å². The van der Waals surface area contributed by atoms with E-state index in [2.05, 4.69) is 59.5 Å². The first-order chi connectivity index (χ1) is 34.4. The molecule has 9 atom stereocenters. The zero-order valence-corrected chi connectivity index (χ0v) is 42.5. The van der Waals surface area contributed by atoms with Crippen LogP contribution in [0, 0.1) is 5.92 Å². The highest BCUT2D eigenvalue weighted by Crippen LogP contribution is 2.22. The number of fused-ring (bicyclic) bond motifs is 1. The highest BCUT2D eigenvalue weighted by atomic mass is 32.2. The second-order valence-electron chi connectivity index (χ2n) is 18.3. The molecule has 12 N–H and O–H groups in total. The van der Waals surface area contributed by atoms with E-state index in [4.69, 9.17) is 5.73 Å². The fourth-order valence-corrected chi connectivity index (χ4v) is 9.06. The van der Waals surface area contributed by atoms with E-state index in [0.29, 0.717) is 35.4 Å². The molecule has 72 heavy (non-hydrogen) atoms. The Kier molecular flexibility index (Phi) is 21.5. The lowest BCUT2D eigenvalue weighted by molar-refractivity contribution is -0.142. The lowest BCUT2D eigenvalue weighted by Crippen LogP contribution is -2.61. The normalized spacial score (nSPS) is 16.8. The Morgan fingerprint density at radius 3 is 1.96 bits per heavy atom. The fourth-order valence-electron chi connectivity index (χ4n) is 8.34. The maximum Gasteiger partial charge on any atom is 0.327 e. The summed E-state index contributed by atoms with van der Waals surface area (Å²) in [5, 5.41) is 36.8. The summed E-state index contributed by atoms with van der Waals surface area (Å²) in [5.41, 5.74) is 8.44. The molecule has 0 radical (unpaired) electrons. The number of para-hydroxylation sites is 1. The van der Waals surface area contributed by atoms with Gasteiger partial charge in [0.1, 0.15) is 48.3 Å². The van der Waals surface area contributed by atoms with Crippen LogP contribution in [0.3, 0.4) is 0 Å². The standard InChI is InChI=1S/C49H67N11O10S2/c1-27(2)19-35(58-47(67)40-15-10-17-60(40)48(68)41(50)28(3)61)43(63)54-34(16-18-72-4)42(62)55-36(20-29-11-6-5-7-12-29)44(64)56-37(21-30-23-52-33-14-9-8-13-32(30)33)45(65)57-38(22-31-24-51-26-53-31)46(66)59-39(25-71)49(69)70/h5-9,11-14,23-24,26-28,34-41,52,61,71H,10,15-22,25,50H2,1-4H3,(H,51,53)(H,54,63)(H,55,62)(H,56,64)(H,57,65)(H,58,67)(H,59,66)(H,69,70)/t28-,34+,35+,36+,37+,38+,39+,40+,41+/m1/s1. The number of hydrogen-bond acceptors (Lipinski definition) is 13. The van der Waals surface area contributed by atoms with Gasteiger partial charge in [0.2, 0.25) is 41.4 Å². The van der Waals surface area contributed by atoms with Gasteiger partial charge in [0.05, 0.1) is 12.4 Å². The number of aliphatic hydroxyl groups is 1. The van der Waals surface area contributed by atoms with Crippen LogP contribution in [0.1, 0.15) is 63.3 Å². The second kappa shape index (κ2) is 27.4. The van der Waals surface area contributed by atoms with Crippen LogP contribution < -0.4 is 37.6 Å². The van der Waals surface area contributed by atoms with Crippen molar-refractivity contribution in [2.45, 2.75) is 120 Å². The highest BCUT2D eigenvalue weighted by molar-refractivity contribution is 7.98. The third-order valence-electron chi connectivity index (χ3n) is 12.3. The highest BCUT2D eigenvalue weighted by Gasteiger charge is 2.40. The summed E-state index contributed by atoms with van der Waals surface area (Å²) in [6, 6.07) is 6.27. The van der Waals surface area contributed by atoms with Gasteiger partial charge in [0.15, 0.2) is 0 Å². The molecular weight excluding hydrogens is 967 g/mol. The van der Waals surface area contributed by atoms with Gasteiger partial charge in [-0.25, -0.2) is 9.78 Å². The fraction of sp³-hybridized carbons (Fsp3) is 0.490. The maximum atomic E-state index is 14.7. The molecule has 0 saturated carbocycles. The number of nitrogens with zero attached hydrogens (tertiary/aromatic N) is 2. The van der Waals surface area contributed by atoms with E-state index < -0.39 is 102 Å². The number of thiol groups is 1. The lowest BCUT2D eigenvalue weighted by Gasteiger charge is -2.30. The molecule has 1 fully saturated rings. The van der Waals surface area contributed by atoms with Crippen LogP contribution in [0.2, 0.25) is 0 Å². The Morgan fingerprint density at radius 1 is 0.778 bits per heavy atom. The molecule has 0 spiro atoms. The molecule has 4 aromatic rings. The quantitative estimate of drug-likeness (QED) is 0.0359. The smallest absolute Gasteiger partial charge is 0.327 e. The van der Waals surface area contributed by atoms with E-state index in [0.717, 1.165) is 10.9 Å². The van der Waals surface area contributed by atoms with Gasteiger partial charge in [-0.05, 0) is 67.7 Å². The first-order valence-electron chi connectivity index (χ1n) is 23.9. The second-order valence-corrected chi connectivity index (χ2v) is 19.6. The zero-order valence-electron chi connectivity index (χ0n) is 40.8. The molecule has 390 valence electrons. The van der Waals surface area contributed by atoms with Crippen molar-refractivity contribution in [3.05, 3.63) is 90.1 Å². The number of nitrogens with one attached hydrogen (secondary N) is 8. The SMILES string of the molecule is CSCC[C@H](NC(=O)[C@H](CC(C)C)NC(=O)[C@@H]1CCCN1C(=O)[C@@H](N)[C@@H](C)O)C(=O)N[C@@H](Cc1ccccc1)C(=O)N[C@@H](Cc1c[nH]c2ccccc12)C(=O)N[C@@H](Cc1cnc[nH]1)C(=O)N[C@@H](CS)C(=O)O. The lowest BCUT2D eigenvalue weighted by atomic mass is 10.0. The summed E-state index contributed by atoms with van der Waals surface area (Å²) < 4.78 is 0. The van der Waals surface area contributed by atoms with Crippen molar-refractivity contribution in [3.8, 4) is 0 Å². The molecule has 23 heteroatoms. The third kappa shape index (κ3) is 16.0. The molecule has 21 nitrogen and oxygen atoms in total. The van der Waals surface area contributed by atoms with Gasteiger partial charge < -0.3 is 62.7 Å². The van der Waals surface area contributed by atoms with Crippen molar-refractivity contribution in [1.29, 1.82) is 0 Å². The largest absolute Gasteiger partial charge is 0.480 e. The van der Waals surface area contributed by atoms with Crippen molar-refractivity contribution < 1.29 is 48.6 Å². The number of amides is 7. The molecule has 5 rings (SSSR count). The van der Waals surface area contributed by atoms with Crippen molar-refractivity contribution >= 4 is 82.6 Å². The summed E-state index contributed by atoms with van der Waals surface area (Å²) in [5.74, 6) is -6.18. The van der Waals surface area contributed by atoms with Gasteiger partial charge in [0, 0.05) is 60.6 Å². The molecule has 7 amide bonds. The first-order valence-corrected chi connectivity index (χ1v) is 25.9. The Balaban J connectivity index is 1.42. The first kappa shape index (κ1) is 56.5. The predicted molar refractivity (Wildman–Crippen MR) is 274 cm³/mol. The number of rotatable bonds is 27. The minimum absolute atomic E-state index is 0.0461. The van der Waals surface area contributed by atoms with Crippen LogP contribution in [0.5, 0.6) is 0 Å². The molecule has 0 aliphatic carbocycles. The van der Waals surface area contributed by atoms with E-state index in [9.17, 15) is 48.6 Å². The van der Waals surface area contributed by atoms with Crippen molar-refractivity contribution in [2.75, 3.05) is 24.3 Å². The summed E-state index contributed by atoms with van der Waals surface area (Å²) in [4.78, 5) is 122. The summed E-state index contributed by atoms with van der Waals surface area (Å²) >= 11 is 5.48. The zero-order chi connectivity index (χ0) is 52.5. The minimum Gasteiger partial charge on any atom is -0.480 e. The van der Waals surface area contributed by atoms with Crippen molar-refractivity contribution in [3.63, 3.8) is 0 Å². The number of nitrogens with two attached hydrogens (primary N) is 1. The molecule has 3 heterocycles. The van der Waals surface area contributed by atoms with E-state index in [1.807, 2.05) is 44.4 Å². The molecule has 1 saturated heterocycles. The van der Waals surface area contributed by atoms with Crippen LogP contribution >= 0.6 is 24.4 Å². The van der Waals surface area contributed by atoms with Crippen LogP contribution in [0.4, 0.5) is 0 Å². The number of likely N-dealkylation sites (tertiary alicyclic amines) is 1. The molecule has 1 aliphatic rings. The number of carbonyl (C=O) groups is 8. The predicted octanol–water partition coefficient (Wildman–Crippen LogP) is 0.340. The van der Waals surface area contributed by atoms with E-state index in [1.165, 1.54) is 36.1 Å². The molecule has 1 aliphatic heterocycles. The van der Waals surface area contributed by atoms with Gasteiger partial charge in [0.25, 0.3) is 0 Å². The number of carboxylic acids is 1. The number of aromatic nitrogens is 3. The van der Waals surface area contributed by atoms with Gasteiger partial charge in [-0.2, -0.15) is 24.4 Å². The average Bonchev–Trinajstić information content (AvgIpc) is 4.15. The number of carboxylic acid groups (broad SMARTS) is 1. The van der Waals surface area contributed by atoms with Gasteiger partial charge in [-0.3, -0.25) is 33.6 Å². The number of aliphatic carboxylic acids is 1. The van der Waals surface area contributed by atoms with Crippen molar-refractivity contribution in [2.24, 2.45) is 11.7 Å². The molecule has 2 aromatic heterocycles. The number of hydrogen-bond donors (Lipinski definition) is 12. The minimum atomic E-state index is -1.38.